The fourth-order valence-electron chi connectivity index (χ4n) is 3.08. The standard InChI is InChI=1S/C20H25N3O3/c1-25-18-9-5-6-16(14-18)19(23-10-12-26-13-11-23)15-21-20(24)22-17-7-3-2-4-8-17/h2-9,14,19H,10-13,15H2,1H3,(H2,21,22,24). The van der Waals surface area contributed by atoms with Crippen molar-refractivity contribution in [2.45, 2.75) is 6.04 Å². The first-order chi connectivity index (χ1) is 12.8. The van der Waals surface area contributed by atoms with E-state index < -0.39 is 0 Å². The van der Waals surface area contributed by atoms with Gasteiger partial charge in [0.25, 0.3) is 0 Å². The molecule has 1 fully saturated rings. The average Bonchev–Trinajstić information content (AvgIpc) is 2.70. The van der Waals surface area contributed by atoms with Gasteiger partial charge in [0.1, 0.15) is 5.75 Å². The lowest BCUT2D eigenvalue weighted by Gasteiger charge is -2.35. The fraction of sp³-hybridized carbons (Fsp3) is 0.350. The number of hydrogen-bond donors (Lipinski definition) is 2. The van der Waals surface area contributed by atoms with Crippen LogP contribution in [0.3, 0.4) is 0 Å². The number of morpholine rings is 1. The van der Waals surface area contributed by atoms with Gasteiger partial charge >= 0.3 is 6.03 Å². The third-order valence-corrected chi connectivity index (χ3v) is 4.45. The van der Waals surface area contributed by atoms with Crippen molar-refractivity contribution in [1.82, 2.24) is 10.2 Å². The average molecular weight is 355 g/mol. The zero-order valence-corrected chi connectivity index (χ0v) is 15.0. The van der Waals surface area contributed by atoms with E-state index in [0.29, 0.717) is 19.8 Å². The number of anilines is 1. The number of nitrogens with zero attached hydrogens (tertiary/aromatic N) is 1. The van der Waals surface area contributed by atoms with Crippen molar-refractivity contribution in [2.75, 3.05) is 45.3 Å². The third kappa shape index (κ3) is 4.97. The topological polar surface area (TPSA) is 62.8 Å². The van der Waals surface area contributed by atoms with Crippen LogP contribution in [-0.2, 0) is 4.74 Å². The highest BCUT2D eigenvalue weighted by Gasteiger charge is 2.23. The lowest BCUT2D eigenvalue weighted by atomic mass is 10.0. The maximum atomic E-state index is 12.3. The molecule has 2 amide bonds. The number of carbonyl (C=O) groups is 1. The Balaban J connectivity index is 1.67. The summed E-state index contributed by atoms with van der Waals surface area (Å²) in [6, 6.07) is 17.3. The molecule has 0 bridgehead atoms. The van der Waals surface area contributed by atoms with Gasteiger partial charge in [-0.2, -0.15) is 0 Å². The molecule has 3 rings (SSSR count). The molecule has 1 aliphatic rings. The summed E-state index contributed by atoms with van der Waals surface area (Å²) in [5.74, 6) is 0.814. The van der Waals surface area contributed by atoms with E-state index in [2.05, 4.69) is 21.6 Å². The van der Waals surface area contributed by atoms with Gasteiger partial charge in [-0.3, -0.25) is 4.90 Å². The molecule has 1 aliphatic heterocycles. The number of urea groups is 1. The monoisotopic (exact) mass is 355 g/mol. The van der Waals surface area contributed by atoms with E-state index in [1.54, 1.807) is 7.11 Å². The summed E-state index contributed by atoms with van der Waals surface area (Å²) >= 11 is 0. The Hall–Kier alpha value is -2.57. The molecule has 26 heavy (non-hydrogen) atoms. The van der Waals surface area contributed by atoms with Gasteiger partial charge < -0.3 is 20.1 Å². The van der Waals surface area contributed by atoms with E-state index in [-0.39, 0.29) is 12.1 Å². The minimum absolute atomic E-state index is 0.0653. The molecule has 2 aromatic carbocycles. The van der Waals surface area contributed by atoms with E-state index in [1.807, 2.05) is 48.5 Å². The quantitative estimate of drug-likeness (QED) is 0.836. The highest BCUT2D eigenvalue weighted by Crippen LogP contribution is 2.24. The first kappa shape index (κ1) is 18.2. The van der Waals surface area contributed by atoms with Crippen molar-refractivity contribution in [3.8, 4) is 5.75 Å². The van der Waals surface area contributed by atoms with Crippen LogP contribution in [0.4, 0.5) is 10.5 Å². The van der Waals surface area contributed by atoms with Crippen molar-refractivity contribution in [3.63, 3.8) is 0 Å². The number of para-hydroxylation sites is 1. The van der Waals surface area contributed by atoms with E-state index in [1.165, 1.54) is 0 Å². The number of amides is 2. The van der Waals surface area contributed by atoms with E-state index in [4.69, 9.17) is 9.47 Å². The lowest BCUT2D eigenvalue weighted by molar-refractivity contribution is 0.0167. The predicted octanol–water partition coefficient (Wildman–Crippen LogP) is 2.89. The molecule has 2 aromatic rings. The molecule has 0 spiro atoms. The van der Waals surface area contributed by atoms with E-state index >= 15 is 0 Å². The van der Waals surface area contributed by atoms with Gasteiger partial charge in [-0.1, -0.05) is 30.3 Å². The second-order valence-electron chi connectivity index (χ2n) is 6.14. The zero-order chi connectivity index (χ0) is 18.2. The molecule has 0 saturated carbocycles. The van der Waals surface area contributed by atoms with Crippen molar-refractivity contribution < 1.29 is 14.3 Å². The summed E-state index contributed by atoms with van der Waals surface area (Å²) in [6.07, 6.45) is 0. The summed E-state index contributed by atoms with van der Waals surface area (Å²) < 4.78 is 10.8. The fourth-order valence-corrected chi connectivity index (χ4v) is 3.08. The highest BCUT2D eigenvalue weighted by molar-refractivity contribution is 5.89. The highest BCUT2D eigenvalue weighted by atomic mass is 16.5. The molecule has 6 heteroatoms. The number of carbonyl (C=O) groups excluding carboxylic acids is 1. The van der Waals surface area contributed by atoms with Crippen molar-refractivity contribution in [2.24, 2.45) is 0 Å². The van der Waals surface area contributed by atoms with Crippen LogP contribution in [0, 0.1) is 0 Å². The molecule has 1 atom stereocenters. The number of methoxy groups -OCH3 is 1. The molecule has 0 aliphatic carbocycles. The van der Waals surface area contributed by atoms with Gasteiger partial charge in [0.15, 0.2) is 0 Å². The van der Waals surface area contributed by atoms with Crippen LogP contribution in [0.15, 0.2) is 54.6 Å². The second kappa shape index (κ2) is 9.22. The number of hydrogen-bond acceptors (Lipinski definition) is 4. The van der Waals surface area contributed by atoms with Gasteiger partial charge in [-0.05, 0) is 29.8 Å². The van der Waals surface area contributed by atoms with Gasteiger partial charge in [-0.25, -0.2) is 4.79 Å². The smallest absolute Gasteiger partial charge is 0.319 e. The molecule has 1 unspecified atom stereocenters. The minimum atomic E-state index is -0.211. The molecule has 138 valence electrons. The summed E-state index contributed by atoms with van der Waals surface area (Å²) in [6.45, 7) is 3.59. The number of rotatable bonds is 6. The van der Waals surface area contributed by atoms with Crippen molar-refractivity contribution >= 4 is 11.7 Å². The SMILES string of the molecule is COc1cccc(C(CNC(=O)Nc2ccccc2)N2CCOCC2)c1. The summed E-state index contributed by atoms with van der Waals surface area (Å²) in [7, 11) is 1.66. The Morgan fingerprint density at radius 1 is 1.15 bits per heavy atom. The Kier molecular flexibility index (Phi) is 6.46. The van der Waals surface area contributed by atoms with Gasteiger partial charge in [0, 0.05) is 25.3 Å². The lowest BCUT2D eigenvalue weighted by Crippen LogP contribution is -2.44. The van der Waals surface area contributed by atoms with Crippen LogP contribution in [0.1, 0.15) is 11.6 Å². The van der Waals surface area contributed by atoms with Gasteiger partial charge in [-0.15, -0.1) is 0 Å². The number of nitrogens with one attached hydrogen (secondary N) is 2. The zero-order valence-electron chi connectivity index (χ0n) is 15.0. The largest absolute Gasteiger partial charge is 0.497 e. The molecule has 2 N–H and O–H groups in total. The third-order valence-electron chi connectivity index (χ3n) is 4.45. The first-order valence-corrected chi connectivity index (χ1v) is 8.82. The molecule has 6 nitrogen and oxygen atoms in total. The maximum absolute atomic E-state index is 12.3. The number of ether oxygens (including phenoxy) is 2. The summed E-state index contributed by atoms with van der Waals surface area (Å²) in [5, 5.41) is 5.85. The van der Waals surface area contributed by atoms with Gasteiger partial charge in [0.05, 0.1) is 26.4 Å². The van der Waals surface area contributed by atoms with Crippen LogP contribution in [0.25, 0.3) is 0 Å². The Morgan fingerprint density at radius 2 is 1.92 bits per heavy atom. The molecular formula is C20H25N3O3. The predicted molar refractivity (Wildman–Crippen MR) is 102 cm³/mol. The van der Waals surface area contributed by atoms with Crippen LogP contribution < -0.4 is 15.4 Å². The Bertz CT molecular complexity index is 702. The van der Waals surface area contributed by atoms with E-state index in [0.717, 1.165) is 30.1 Å². The second-order valence-corrected chi connectivity index (χ2v) is 6.14. The van der Waals surface area contributed by atoms with Crippen molar-refractivity contribution in [3.05, 3.63) is 60.2 Å². The summed E-state index contributed by atoms with van der Waals surface area (Å²) in [5.41, 5.74) is 1.89. The number of benzene rings is 2. The van der Waals surface area contributed by atoms with Gasteiger partial charge in [0.2, 0.25) is 0 Å². The molecule has 1 heterocycles. The first-order valence-electron chi connectivity index (χ1n) is 8.82. The molecule has 1 saturated heterocycles. The van der Waals surface area contributed by atoms with Crippen LogP contribution >= 0.6 is 0 Å². The molecule has 0 aromatic heterocycles. The summed E-state index contributed by atoms with van der Waals surface area (Å²) in [4.78, 5) is 14.6. The van der Waals surface area contributed by atoms with Crippen LogP contribution in [0.2, 0.25) is 0 Å². The van der Waals surface area contributed by atoms with Crippen LogP contribution in [0.5, 0.6) is 5.75 Å². The Morgan fingerprint density at radius 3 is 2.65 bits per heavy atom. The maximum Gasteiger partial charge on any atom is 0.319 e. The normalized spacial score (nSPS) is 15.9. The van der Waals surface area contributed by atoms with Crippen LogP contribution in [-0.4, -0.2) is 50.9 Å². The minimum Gasteiger partial charge on any atom is -0.497 e. The Labute approximate surface area is 154 Å². The molecular weight excluding hydrogens is 330 g/mol. The van der Waals surface area contributed by atoms with E-state index in [9.17, 15) is 4.79 Å². The molecule has 0 radical (unpaired) electrons. The van der Waals surface area contributed by atoms with Crippen molar-refractivity contribution in [1.29, 1.82) is 0 Å².